The Morgan fingerprint density at radius 3 is 2.30 bits per heavy atom. The van der Waals surface area contributed by atoms with Crippen molar-refractivity contribution in [3.05, 3.63) is 22.7 Å². The third kappa shape index (κ3) is 3.84. The number of ether oxygens (including phenoxy) is 1. The molecule has 0 atom stereocenters. The van der Waals surface area contributed by atoms with Crippen molar-refractivity contribution in [2.45, 2.75) is 31.2 Å². The summed E-state index contributed by atoms with van der Waals surface area (Å²) in [5, 5.41) is 9.09. The number of hydrogen-bond acceptors (Lipinski definition) is 4. The highest BCUT2D eigenvalue weighted by Gasteiger charge is 2.28. The minimum Gasteiger partial charge on any atom is -0.494 e. The van der Waals surface area contributed by atoms with Crippen molar-refractivity contribution in [3.63, 3.8) is 0 Å². The minimum absolute atomic E-state index is 0.00233. The number of nitrogens with one attached hydrogen (secondary N) is 1. The molecule has 0 bridgehead atoms. The van der Waals surface area contributed by atoms with E-state index >= 15 is 0 Å². The van der Waals surface area contributed by atoms with Crippen molar-refractivity contribution in [2.75, 3.05) is 7.11 Å². The van der Waals surface area contributed by atoms with Crippen molar-refractivity contribution in [2.24, 2.45) is 0 Å². The average molecular weight is 322 g/mol. The highest BCUT2D eigenvalue weighted by Crippen LogP contribution is 2.32. The zero-order chi connectivity index (χ0) is 15.7. The molecule has 0 aliphatic heterocycles. The van der Waals surface area contributed by atoms with E-state index in [9.17, 15) is 13.2 Å². The summed E-state index contributed by atoms with van der Waals surface area (Å²) in [7, 11) is -2.76. The summed E-state index contributed by atoms with van der Waals surface area (Å²) in [5.74, 6) is -1.57. The number of aromatic carboxylic acids is 1. The van der Waals surface area contributed by atoms with E-state index in [-0.39, 0.29) is 21.2 Å². The van der Waals surface area contributed by atoms with Gasteiger partial charge in [0, 0.05) is 10.6 Å². The Morgan fingerprint density at radius 2 is 1.90 bits per heavy atom. The summed E-state index contributed by atoms with van der Waals surface area (Å²) in [5.41, 5.74) is -1.04. The summed E-state index contributed by atoms with van der Waals surface area (Å²) in [6.07, 6.45) is 0. The van der Waals surface area contributed by atoms with Gasteiger partial charge in [0.25, 0.3) is 0 Å². The molecule has 0 saturated heterocycles. The van der Waals surface area contributed by atoms with Crippen molar-refractivity contribution in [1.82, 2.24) is 4.72 Å². The van der Waals surface area contributed by atoms with Gasteiger partial charge in [0.1, 0.15) is 10.5 Å². The lowest BCUT2D eigenvalue weighted by molar-refractivity contribution is 0.0693. The molecular weight excluding hydrogens is 306 g/mol. The van der Waals surface area contributed by atoms with E-state index in [1.807, 2.05) is 0 Å². The number of carbonyl (C=O) groups is 1. The highest BCUT2D eigenvalue weighted by atomic mass is 35.5. The first-order chi connectivity index (χ1) is 8.98. The quantitative estimate of drug-likeness (QED) is 0.886. The van der Waals surface area contributed by atoms with Crippen LogP contribution in [0.15, 0.2) is 17.0 Å². The van der Waals surface area contributed by atoms with Crippen LogP contribution in [0.3, 0.4) is 0 Å². The average Bonchev–Trinajstić information content (AvgIpc) is 2.24. The lowest BCUT2D eigenvalue weighted by atomic mass is 10.1. The van der Waals surface area contributed by atoms with Crippen LogP contribution in [-0.4, -0.2) is 32.1 Å². The van der Waals surface area contributed by atoms with E-state index in [2.05, 4.69) is 4.72 Å². The fourth-order valence-electron chi connectivity index (χ4n) is 1.60. The third-order valence-electron chi connectivity index (χ3n) is 2.18. The van der Waals surface area contributed by atoms with Crippen LogP contribution in [0.4, 0.5) is 0 Å². The van der Waals surface area contributed by atoms with Gasteiger partial charge in [-0.1, -0.05) is 11.6 Å². The summed E-state index contributed by atoms with van der Waals surface area (Å²) < 4.78 is 32.0. The molecule has 0 spiro atoms. The monoisotopic (exact) mass is 321 g/mol. The first kappa shape index (κ1) is 16.7. The largest absolute Gasteiger partial charge is 0.494 e. The Morgan fingerprint density at radius 1 is 1.35 bits per heavy atom. The van der Waals surface area contributed by atoms with Gasteiger partial charge in [-0.15, -0.1) is 0 Å². The third-order valence-corrected chi connectivity index (χ3v) is 4.17. The van der Waals surface area contributed by atoms with Crippen LogP contribution < -0.4 is 9.46 Å². The maximum Gasteiger partial charge on any atom is 0.339 e. The second kappa shape index (κ2) is 5.59. The Bertz CT molecular complexity index is 634. The van der Waals surface area contributed by atoms with Gasteiger partial charge in [0.05, 0.1) is 7.11 Å². The van der Waals surface area contributed by atoms with E-state index in [0.29, 0.717) is 0 Å². The van der Waals surface area contributed by atoms with Crippen LogP contribution in [0.2, 0.25) is 5.02 Å². The van der Waals surface area contributed by atoms with Gasteiger partial charge in [-0.05, 0) is 32.9 Å². The Kier molecular flexibility index (Phi) is 4.68. The number of carboxylic acid groups (broad SMARTS) is 1. The molecule has 2 N–H and O–H groups in total. The fraction of sp³-hybridized carbons (Fsp3) is 0.417. The van der Waals surface area contributed by atoms with Gasteiger partial charge in [-0.25, -0.2) is 17.9 Å². The zero-order valence-electron chi connectivity index (χ0n) is 11.5. The number of carboxylic acids is 1. The molecule has 0 fully saturated rings. The molecule has 0 aliphatic carbocycles. The van der Waals surface area contributed by atoms with E-state index in [4.69, 9.17) is 21.4 Å². The molecule has 112 valence electrons. The molecule has 6 nitrogen and oxygen atoms in total. The topological polar surface area (TPSA) is 92.7 Å². The fourth-order valence-corrected chi connectivity index (χ4v) is 3.51. The molecule has 0 amide bonds. The predicted octanol–water partition coefficient (Wildman–Crippen LogP) is 2.12. The highest BCUT2D eigenvalue weighted by molar-refractivity contribution is 7.89. The van der Waals surface area contributed by atoms with Crippen LogP contribution in [0.1, 0.15) is 31.1 Å². The SMILES string of the molecule is COc1c(C(=O)O)cc(Cl)cc1S(=O)(=O)NC(C)(C)C. The minimum atomic E-state index is -3.96. The first-order valence-corrected chi connectivity index (χ1v) is 7.49. The smallest absolute Gasteiger partial charge is 0.339 e. The van der Waals surface area contributed by atoms with E-state index in [0.717, 1.165) is 12.1 Å². The molecule has 0 aliphatic rings. The molecule has 20 heavy (non-hydrogen) atoms. The summed E-state index contributed by atoms with van der Waals surface area (Å²) in [4.78, 5) is 10.8. The Labute approximate surface area is 122 Å². The van der Waals surface area contributed by atoms with Crippen molar-refractivity contribution in [1.29, 1.82) is 0 Å². The van der Waals surface area contributed by atoms with Crippen LogP contribution in [0.5, 0.6) is 5.75 Å². The molecule has 0 saturated carbocycles. The van der Waals surface area contributed by atoms with Crippen LogP contribution in [0.25, 0.3) is 0 Å². The van der Waals surface area contributed by atoms with Crippen molar-refractivity contribution >= 4 is 27.6 Å². The van der Waals surface area contributed by atoms with Gasteiger partial charge in [-0.2, -0.15) is 0 Å². The predicted molar refractivity (Wildman–Crippen MR) is 75.0 cm³/mol. The normalized spacial score (nSPS) is 12.2. The van der Waals surface area contributed by atoms with Crippen molar-refractivity contribution in [3.8, 4) is 5.75 Å². The van der Waals surface area contributed by atoms with E-state index in [1.165, 1.54) is 7.11 Å². The van der Waals surface area contributed by atoms with Gasteiger partial charge < -0.3 is 9.84 Å². The van der Waals surface area contributed by atoms with Crippen molar-refractivity contribution < 1.29 is 23.1 Å². The second-order valence-electron chi connectivity index (χ2n) is 5.15. The van der Waals surface area contributed by atoms with Crippen LogP contribution in [-0.2, 0) is 10.0 Å². The summed E-state index contributed by atoms with van der Waals surface area (Å²) >= 11 is 5.79. The summed E-state index contributed by atoms with van der Waals surface area (Å²) in [6, 6.07) is 2.29. The first-order valence-electron chi connectivity index (χ1n) is 5.63. The molecule has 1 aromatic carbocycles. The lowest BCUT2D eigenvalue weighted by Crippen LogP contribution is -2.40. The van der Waals surface area contributed by atoms with Gasteiger partial charge in [0.2, 0.25) is 10.0 Å². The number of benzene rings is 1. The molecule has 8 heteroatoms. The maximum atomic E-state index is 12.3. The standard InChI is InChI=1S/C12H16ClNO5S/c1-12(2,3)14-20(17,18)9-6-7(13)5-8(11(15)16)10(9)19-4/h5-6,14H,1-4H3,(H,15,16). The van der Waals surface area contributed by atoms with Crippen LogP contribution >= 0.6 is 11.6 Å². The molecule has 1 rings (SSSR count). The molecule has 1 aromatic rings. The molecular formula is C12H16ClNO5S. The molecule has 0 aromatic heterocycles. The summed E-state index contributed by atoms with van der Waals surface area (Å²) in [6.45, 7) is 5.00. The number of rotatable bonds is 4. The van der Waals surface area contributed by atoms with E-state index < -0.39 is 21.5 Å². The number of sulfonamides is 1. The lowest BCUT2D eigenvalue weighted by Gasteiger charge is -2.21. The van der Waals surface area contributed by atoms with Gasteiger partial charge in [-0.3, -0.25) is 0 Å². The zero-order valence-corrected chi connectivity index (χ0v) is 13.1. The second-order valence-corrected chi connectivity index (χ2v) is 7.23. The Hall–Kier alpha value is -1.31. The molecule has 0 radical (unpaired) electrons. The van der Waals surface area contributed by atoms with Crippen LogP contribution in [0, 0.1) is 0 Å². The molecule has 0 unspecified atom stereocenters. The molecule has 0 heterocycles. The van der Waals surface area contributed by atoms with Gasteiger partial charge >= 0.3 is 5.97 Å². The van der Waals surface area contributed by atoms with Gasteiger partial charge in [0.15, 0.2) is 5.75 Å². The number of halogens is 1. The maximum absolute atomic E-state index is 12.3. The van der Waals surface area contributed by atoms with E-state index in [1.54, 1.807) is 20.8 Å². The number of hydrogen-bond donors (Lipinski definition) is 2. The number of methoxy groups -OCH3 is 1. The Balaban J connectivity index is 3.56.